The van der Waals surface area contributed by atoms with E-state index in [1.165, 1.54) is 11.0 Å². The lowest BCUT2D eigenvalue weighted by Crippen LogP contribution is -3.06. The van der Waals surface area contributed by atoms with Gasteiger partial charge in [0.25, 0.3) is 5.56 Å². The molecule has 0 saturated heterocycles. The number of halogens is 1. The van der Waals surface area contributed by atoms with Crippen LogP contribution in [0.3, 0.4) is 0 Å². The number of fused-ring (bicyclic) bond motifs is 1. The summed E-state index contributed by atoms with van der Waals surface area (Å²) in [5.41, 5.74) is 6.86. The van der Waals surface area contributed by atoms with E-state index in [0.29, 0.717) is 6.54 Å². The van der Waals surface area contributed by atoms with Crippen molar-refractivity contribution in [1.82, 2.24) is 4.57 Å². The van der Waals surface area contributed by atoms with E-state index in [2.05, 4.69) is 0 Å². The number of benzene rings is 1. The number of aryl methyl sites for hydroxylation is 1. The van der Waals surface area contributed by atoms with Gasteiger partial charge < -0.3 is 19.9 Å². The number of quaternary nitrogens is 1. The van der Waals surface area contributed by atoms with Gasteiger partial charge in [0.1, 0.15) is 23.2 Å². The molecular weight excluding hydrogens is 347 g/mol. The number of hydrogen-bond donors (Lipinski definition) is 2. The van der Waals surface area contributed by atoms with Crippen LogP contribution < -0.4 is 20.9 Å². The van der Waals surface area contributed by atoms with Gasteiger partial charge in [-0.05, 0) is 13.0 Å². The lowest BCUT2D eigenvalue weighted by atomic mass is 9.83. The Balaban J connectivity index is 2.26. The molecule has 3 rings (SSSR count). The number of pyridine rings is 1. The molecule has 1 aliphatic rings. The SMILES string of the molecule is Cc1cc2c(c(=O)n1CC[NH+](C)C)C(c1ccccc1F)C(C#N)=C(N)O2. The highest BCUT2D eigenvalue weighted by Gasteiger charge is 2.35. The van der Waals surface area contributed by atoms with Crippen LogP contribution in [0.2, 0.25) is 0 Å². The Hall–Kier alpha value is -3.11. The Kier molecular flexibility index (Phi) is 5.02. The van der Waals surface area contributed by atoms with Crippen molar-refractivity contribution in [3.05, 3.63) is 74.8 Å². The zero-order valence-corrected chi connectivity index (χ0v) is 15.5. The quantitative estimate of drug-likeness (QED) is 0.829. The first-order chi connectivity index (χ1) is 12.8. The molecule has 1 atom stereocenters. The van der Waals surface area contributed by atoms with Gasteiger partial charge in [-0.2, -0.15) is 5.26 Å². The van der Waals surface area contributed by atoms with Gasteiger partial charge in [0.05, 0.1) is 38.7 Å². The molecular formula is C20H22FN4O2+. The first-order valence-corrected chi connectivity index (χ1v) is 8.70. The van der Waals surface area contributed by atoms with Crippen LogP contribution in [0.4, 0.5) is 4.39 Å². The Morgan fingerprint density at radius 2 is 2.07 bits per heavy atom. The third-order valence-electron chi connectivity index (χ3n) is 4.74. The minimum absolute atomic E-state index is 0.0401. The van der Waals surface area contributed by atoms with E-state index < -0.39 is 11.7 Å². The van der Waals surface area contributed by atoms with Crippen molar-refractivity contribution in [1.29, 1.82) is 5.26 Å². The van der Waals surface area contributed by atoms with Gasteiger partial charge in [-0.3, -0.25) is 4.79 Å². The van der Waals surface area contributed by atoms with Crippen molar-refractivity contribution in [2.24, 2.45) is 5.73 Å². The predicted octanol–water partition coefficient (Wildman–Crippen LogP) is 0.659. The van der Waals surface area contributed by atoms with Crippen molar-refractivity contribution in [3.63, 3.8) is 0 Å². The Labute approximate surface area is 156 Å². The number of likely N-dealkylation sites (N-methyl/N-ethyl adjacent to an activating group) is 1. The fraction of sp³-hybridized carbons (Fsp3) is 0.300. The molecule has 27 heavy (non-hydrogen) atoms. The summed E-state index contributed by atoms with van der Waals surface area (Å²) in [5.74, 6) is -1.23. The zero-order chi connectivity index (χ0) is 19.7. The van der Waals surface area contributed by atoms with E-state index in [-0.39, 0.29) is 33.9 Å². The van der Waals surface area contributed by atoms with E-state index in [0.717, 1.165) is 12.2 Å². The Morgan fingerprint density at radius 1 is 1.37 bits per heavy atom. The number of rotatable bonds is 4. The summed E-state index contributed by atoms with van der Waals surface area (Å²) in [6.07, 6.45) is 0. The van der Waals surface area contributed by atoms with Crippen molar-refractivity contribution >= 4 is 0 Å². The van der Waals surface area contributed by atoms with Gasteiger partial charge in [-0.25, -0.2) is 4.39 Å². The molecule has 1 aromatic heterocycles. The molecule has 0 saturated carbocycles. The molecule has 2 aromatic rings. The van der Waals surface area contributed by atoms with Crippen LogP contribution >= 0.6 is 0 Å². The number of nitrogens with one attached hydrogen (secondary N) is 1. The monoisotopic (exact) mass is 369 g/mol. The molecule has 0 bridgehead atoms. The fourth-order valence-corrected chi connectivity index (χ4v) is 3.32. The van der Waals surface area contributed by atoms with Gasteiger partial charge in [-0.15, -0.1) is 0 Å². The number of allylic oxidation sites excluding steroid dienone is 1. The summed E-state index contributed by atoms with van der Waals surface area (Å²) in [6.45, 7) is 3.06. The average molecular weight is 369 g/mol. The van der Waals surface area contributed by atoms with Crippen molar-refractivity contribution in [3.8, 4) is 11.8 Å². The second kappa shape index (κ2) is 7.25. The van der Waals surface area contributed by atoms with Crippen LogP contribution in [-0.2, 0) is 6.54 Å². The van der Waals surface area contributed by atoms with Crippen molar-refractivity contribution in [2.45, 2.75) is 19.4 Å². The highest BCUT2D eigenvalue weighted by atomic mass is 19.1. The molecule has 1 aliphatic heterocycles. The number of nitrogens with two attached hydrogens (primary N) is 1. The molecule has 0 spiro atoms. The smallest absolute Gasteiger partial charge is 0.258 e. The fourth-order valence-electron chi connectivity index (χ4n) is 3.32. The highest BCUT2D eigenvalue weighted by molar-refractivity contribution is 5.55. The summed E-state index contributed by atoms with van der Waals surface area (Å²) >= 11 is 0. The maximum atomic E-state index is 14.5. The lowest BCUT2D eigenvalue weighted by Gasteiger charge is -2.27. The van der Waals surface area contributed by atoms with E-state index in [9.17, 15) is 14.4 Å². The Bertz CT molecular complexity index is 1020. The van der Waals surface area contributed by atoms with Crippen LogP contribution in [0.25, 0.3) is 0 Å². The molecule has 6 nitrogen and oxygen atoms in total. The van der Waals surface area contributed by atoms with Gasteiger partial charge in [0.15, 0.2) is 0 Å². The average Bonchev–Trinajstić information content (AvgIpc) is 2.60. The molecule has 7 heteroatoms. The Morgan fingerprint density at radius 3 is 2.70 bits per heavy atom. The van der Waals surface area contributed by atoms with Crippen LogP contribution in [-0.4, -0.2) is 25.2 Å². The van der Waals surface area contributed by atoms with Crippen LogP contribution in [0.5, 0.6) is 5.75 Å². The summed E-state index contributed by atoms with van der Waals surface area (Å²) in [5, 5.41) is 9.60. The topological polar surface area (TPSA) is 85.5 Å². The maximum absolute atomic E-state index is 14.5. The maximum Gasteiger partial charge on any atom is 0.258 e. The van der Waals surface area contributed by atoms with Gasteiger partial charge in [0.2, 0.25) is 5.88 Å². The second-order valence-electron chi connectivity index (χ2n) is 6.92. The highest BCUT2D eigenvalue weighted by Crippen LogP contribution is 2.41. The number of nitrogens with zero attached hydrogens (tertiary/aromatic N) is 2. The summed E-state index contributed by atoms with van der Waals surface area (Å²) in [4.78, 5) is 14.5. The summed E-state index contributed by atoms with van der Waals surface area (Å²) in [6, 6.07) is 9.81. The molecule has 0 aliphatic carbocycles. The van der Waals surface area contributed by atoms with Gasteiger partial charge >= 0.3 is 0 Å². The molecule has 0 fully saturated rings. The molecule has 1 unspecified atom stereocenters. The number of aromatic nitrogens is 1. The van der Waals surface area contributed by atoms with Gasteiger partial charge in [-0.1, -0.05) is 18.2 Å². The molecule has 2 heterocycles. The van der Waals surface area contributed by atoms with E-state index in [1.807, 2.05) is 27.1 Å². The largest absolute Gasteiger partial charge is 0.440 e. The number of nitriles is 1. The lowest BCUT2D eigenvalue weighted by molar-refractivity contribution is -0.858. The minimum Gasteiger partial charge on any atom is -0.440 e. The number of ether oxygens (including phenoxy) is 1. The molecule has 1 aromatic carbocycles. The van der Waals surface area contributed by atoms with E-state index in [4.69, 9.17) is 10.5 Å². The van der Waals surface area contributed by atoms with E-state index >= 15 is 0 Å². The van der Waals surface area contributed by atoms with Crippen LogP contribution in [0.15, 0.2) is 46.6 Å². The molecule has 3 N–H and O–H groups in total. The van der Waals surface area contributed by atoms with Crippen molar-refractivity contribution in [2.75, 3.05) is 20.6 Å². The number of hydrogen-bond acceptors (Lipinski definition) is 4. The molecule has 140 valence electrons. The third kappa shape index (κ3) is 3.32. The normalized spacial score (nSPS) is 16.1. The first-order valence-electron chi connectivity index (χ1n) is 8.70. The zero-order valence-electron chi connectivity index (χ0n) is 15.5. The molecule has 0 amide bonds. The first kappa shape index (κ1) is 18.7. The summed E-state index contributed by atoms with van der Waals surface area (Å²) in [7, 11) is 4.00. The molecule has 0 radical (unpaired) electrons. The second-order valence-corrected chi connectivity index (χ2v) is 6.92. The third-order valence-corrected chi connectivity index (χ3v) is 4.74. The van der Waals surface area contributed by atoms with E-state index in [1.54, 1.807) is 28.8 Å². The van der Waals surface area contributed by atoms with Crippen LogP contribution in [0.1, 0.15) is 22.7 Å². The minimum atomic E-state index is -0.897. The predicted molar refractivity (Wildman–Crippen MR) is 98.8 cm³/mol. The van der Waals surface area contributed by atoms with Gasteiger partial charge in [0, 0.05) is 17.3 Å². The summed E-state index contributed by atoms with van der Waals surface area (Å²) < 4.78 is 21.7. The van der Waals surface area contributed by atoms with Crippen molar-refractivity contribution < 1.29 is 14.0 Å². The standard InChI is InChI=1S/C20H21FN4O2/c1-12-10-16-18(20(26)25(12)9-8-24(2)3)17(14(11-22)19(23)27-16)13-6-4-5-7-15(13)21/h4-7,10,17H,8-9,23H2,1-3H3/p+1. The van der Waals surface area contributed by atoms with Crippen LogP contribution in [0, 0.1) is 24.1 Å².